The van der Waals surface area contributed by atoms with Crippen LogP contribution in [0, 0.1) is 18.3 Å². The van der Waals surface area contributed by atoms with Crippen molar-refractivity contribution < 1.29 is 14.1 Å². The lowest BCUT2D eigenvalue weighted by molar-refractivity contribution is -0.545. The molecule has 1 aliphatic rings. The Morgan fingerprint density at radius 3 is 2.44 bits per heavy atom. The van der Waals surface area contributed by atoms with Crippen LogP contribution in [0.1, 0.15) is 82.0 Å². The number of carbonyl (C=O) groups excluding carboxylic acids is 1. The number of rotatable bonds is 6. The van der Waals surface area contributed by atoms with Gasteiger partial charge in [0.2, 0.25) is 11.7 Å². The van der Waals surface area contributed by atoms with E-state index in [4.69, 9.17) is 21.0 Å². The first-order chi connectivity index (χ1) is 20.4. The fourth-order valence-electron chi connectivity index (χ4n) is 5.27. The number of anilines is 2. The van der Waals surface area contributed by atoms with Gasteiger partial charge < -0.3 is 15.8 Å². The number of nitrogen functional groups attached to an aromatic ring is 1. The summed E-state index contributed by atoms with van der Waals surface area (Å²) in [5.74, 6) is 2.17. The Balaban J connectivity index is 1.34. The Bertz CT molecular complexity index is 1630. The lowest BCUT2D eigenvalue weighted by Crippen LogP contribution is -2.47. The zero-order valence-corrected chi connectivity index (χ0v) is 25.8. The topological polar surface area (TPSA) is 122 Å². The molecular formula is C34H42N7O2+. The van der Waals surface area contributed by atoms with Gasteiger partial charge >= 0.3 is 6.03 Å². The molecule has 1 aliphatic carbocycles. The van der Waals surface area contributed by atoms with Crippen LogP contribution in [0.2, 0.25) is 0 Å². The van der Waals surface area contributed by atoms with Crippen LogP contribution < -0.4 is 25.7 Å². The molecule has 1 unspecified atom stereocenters. The molecule has 0 radical (unpaired) electrons. The molecule has 5 N–H and O–H groups in total. The number of ether oxygens (including phenoxy) is 1. The smallest absolute Gasteiger partial charge is 0.320 e. The largest absolute Gasteiger partial charge is 0.483 e. The summed E-state index contributed by atoms with van der Waals surface area (Å²) in [6.07, 6.45) is 3.00. The van der Waals surface area contributed by atoms with E-state index in [-0.39, 0.29) is 29.5 Å². The summed E-state index contributed by atoms with van der Waals surface area (Å²) in [5.41, 5.74) is 10.9. The SMILES string of the molecule is Cc1ccc(-n2nc(C(C)(C)C)cc2NC(=O)N[C@H]2CCC(Oc3ccc(N)[n+](C(=N)C(C)C)c3)c3ccccc32)cc1. The monoisotopic (exact) mass is 580 g/mol. The van der Waals surface area contributed by atoms with Gasteiger partial charge in [-0.2, -0.15) is 10.5 Å². The first kappa shape index (κ1) is 29.8. The third kappa shape index (κ3) is 6.56. The van der Waals surface area contributed by atoms with Crippen LogP contribution in [0.5, 0.6) is 5.75 Å². The molecule has 9 heteroatoms. The highest BCUT2D eigenvalue weighted by Crippen LogP contribution is 2.39. The van der Waals surface area contributed by atoms with Crippen LogP contribution >= 0.6 is 0 Å². The first-order valence-electron chi connectivity index (χ1n) is 14.8. The number of pyridine rings is 1. The summed E-state index contributed by atoms with van der Waals surface area (Å²) in [7, 11) is 0. The van der Waals surface area contributed by atoms with Crippen LogP contribution in [0.3, 0.4) is 0 Å². The number of aryl methyl sites for hydroxylation is 1. The molecular weight excluding hydrogens is 538 g/mol. The van der Waals surface area contributed by atoms with E-state index in [9.17, 15) is 4.79 Å². The van der Waals surface area contributed by atoms with Gasteiger partial charge in [0.1, 0.15) is 18.1 Å². The molecule has 9 nitrogen and oxygen atoms in total. The summed E-state index contributed by atoms with van der Waals surface area (Å²) < 4.78 is 9.90. The van der Waals surface area contributed by atoms with Crippen LogP contribution in [0.25, 0.3) is 5.69 Å². The van der Waals surface area contributed by atoms with E-state index >= 15 is 0 Å². The van der Waals surface area contributed by atoms with E-state index in [1.54, 1.807) is 21.5 Å². The summed E-state index contributed by atoms with van der Waals surface area (Å²) in [4.78, 5) is 13.4. The van der Waals surface area contributed by atoms with Crippen molar-refractivity contribution in [2.75, 3.05) is 11.1 Å². The molecule has 0 saturated carbocycles. The van der Waals surface area contributed by atoms with Gasteiger partial charge in [0.05, 0.1) is 17.4 Å². The van der Waals surface area contributed by atoms with Gasteiger partial charge in [-0.1, -0.05) is 76.6 Å². The maximum atomic E-state index is 13.4. The zero-order valence-electron chi connectivity index (χ0n) is 25.8. The number of amides is 2. The van der Waals surface area contributed by atoms with E-state index < -0.39 is 0 Å². The van der Waals surface area contributed by atoms with E-state index in [2.05, 4.69) is 37.5 Å². The summed E-state index contributed by atoms with van der Waals surface area (Å²) in [6, 6.07) is 21.2. The van der Waals surface area contributed by atoms with Crippen molar-refractivity contribution >= 4 is 23.5 Å². The highest BCUT2D eigenvalue weighted by atomic mass is 16.5. The highest BCUT2D eigenvalue weighted by molar-refractivity contribution is 5.89. The van der Waals surface area contributed by atoms with Crippen molar-refractivity contribution in [3.8, 4) is 11.4 Å². The van der Waals surface area contributed by atoms with Gasteiger partial charge in [0, 0.05) is 23.5 Å². The molecule has 0 fully saturated rings. The number of hydrogen-bond donors (Lipinski definition) is 4. The van der Waals surface area contributed by atoms with Crippen molar-refractivity contribution in [3.63, 3.8) is 0 Å². The quantitative estimate of drug-likeness (QED) is 0.117. The minimum absolute atomic E-state index is 0.0199. The molecule has 224 valence electrons. The first-order valence-corrected chi connectivity index (χ1v) is 14.8. The van der Waals surface area contributed by atoms with Gasteiger partial charge in [0.15, 0.2) is 5.75 Å². The van der Waals surface area contributed by atoms with E-state index in [1.165, 1.54) is 0 Å². The van der Waals surface area contributed by atoms with Gasteiger partial charge in [-0.25, -0.2) is 14.0 Å². The van der Waals surface area contributed by atoms with Crippen LogP contribution in [-0.2, 0) is 5.41 Å². The molecule has 43 heavy (non-hydrogen) atoms. The molecule has 2 aromatic heterocycles. The predicted octanol–water partition coefficient (Wildman–Crippen LogP) is 6.61. The number of fused-ring (bicyclic) bond motifs is 1. The number of hydrogen-bond acceptors (Lipinski definition) is 5. The Labute approximate surface area is 253 Å². The van der Waals surface area contributed by atoms with Gasteiger partial charge in [0.25, 0.3) is 0 Å². The van der Waals surface area contributed by atoms with Crippen molar-refractivity contribution in [1.29, 1.82) is 5.41 Å². The van der Waals surface area contributed by atoms with Gasteiger partial charge in [-0.15, -0.1) is 0 Å². The number of urea groups is 1. The minimum Gasteiger partial charge on any atom is -0.483 e. The van der Waals surface area contributed by atoms with E-state index in [0.717, 1.165) is 28.1 Å². The summed E-state index contributed by atoms with van der Waals surface area (Å²) in [6.45, 7) is 12.3. The number of nitrogens with one attached hydrogen (secondary N) is 3. The van der Waals surface area contributed by atoms with Crippen molar-refractivity contribution in [3.05, 3.63) is 95.3 Å². The lowest BCUT2D eigenvalue weighted by atomic mass is 9.85. The van der Waals surface area contributed by atoms with Crippen molar-refractivity contribution in [2.24, 2.45) is 5.92 Å². The van der Waals surface area contributed by atoms with Crippen molar-refractivity contribution in [2.45, 2.75) is 71.9 Å². The van der Waals surface area contributed by atoms with Gasteiger partial charge in [-0.3, -0.25) is 5.32 Å². The van der Waals surface area contributed by atoms with E-state index in [1.807, 2.05) is 75.4 Å². The molecule has 2 amide bonds. The third-order valence-electron chi connectivity index (χ3n) is 7.78. The Hall–Kier alpha value is -4.66. The number of aromatic nitrogens is 3. The number of carbonyl (C=O) groups is 1. The van der Waals surface area contributed by atoms with Crippen LogP contribution in [-0.4, -0.2) is 21.6 Å². The normalized spacial score (nSPS) is 16.4. The number of benzene rings is 2. The summed E-state index contributed by atoms with van der Waals surface area (Å²) >= 11 is 0. The Kier molecular flexibility index (Phi) is 8.26. The number of nitrogens with zero attached hydrogens (tertiary/aromatic N) is 3. The second-order valence-corrected chi connectivity index (χ2v) is 12.6. The second kappa shape index (κ2) is 11.9. The third-order valence-corrected chi connectivity index (χ3v) is 7.78. The minimum atomic E-state index is -0.292. The maximum absolute atomic E-state index is 13.4. The lowest BCUT2D eigenvalue weighted by Gasteiger charge is -2.32. The molecule has 2 atom stereocenters. The van der Waals surface area contributed by atoms with Crippen LogP contribution in [0.4, 0.5) is 16.4 Å². The fraction of sp³-hybridized carbons (Fsp3) is 0.353. The van der Waals surface area contributed by atoms with E-state index in [0.29, 0.717) is 36.1 Å². The molecule has 2 heterocycles. The molecule has 2 aromatic carbocycles. The fourth-order valence-corrected chi connectivity index (χ4v) is 5.27. The molecule has 0 saturated heterocycles. The average molecular weight is 581 g/mol. The average Bonchev–Trinajstić information content (AvgIpc) is 3.39. The molecule has 0 bridgehead atoms. The highest BCUT2D eigenvalue weighted by Gasteiger charge is 2.30. The maximum Gasteiger partial charge on any atom is 0.320 e. The molecule has 5 rings (SSSR count). The van der Waals surface area contributed by atoms with Crippen molar-refractivity contribution in [1.82, 2.24) is 15.1 Å². The standard InChI is InChI=1S/C34H41N7O2/c1-21(2)32(36)40-20-24(15-18-30(40)35)43-28-17-16-27(25-9-7-8-10-26(25)28)37-33(42)38-31-19-29(34(4,5)6)39-41(31)23-13-11-22(3)12-14-23/h7-15,18-21,27-28,35-36H,16-17H2,1-6H3,(H2,37,38,39,42)/p+1/t27-,28?/m0/s1. The van der Waals surface area contributed by atoms with Gasteiger partial charge in [-0.05, 0) is 49.1 Å². The number of nitrogens with two attached hydrogens (primary N) is 1. The molecule has 0 spiro atoms. The molecule has 0 aliphatic heterocycles. The summed E-state index contributed by atoms with van der Waals surface area (Å²) in [5, 5.41) is 19.5. The predicted molar refractivity (Wildman–Crippen MR) is 170 cm³/mol. The van der Waals surface area contributed by atoms with Crippen LogP contribution in [0.15, 0.2) is 72.9 Å². The zero-order chi connectivity index (χ0) is 30.9. The second-order valence-electron chi connectivity index (χ2n) is 12.6. The Morgan fingerprint density at radius 2 is 1.77 bits per heavy atom. The molecule has 4 aromatic rings. The Morgan fingerprint density at radius 1 is 1.07 bits per heavy atom.